The molecule has 0 saturated heterocycles. The molecule has 1 aliphatic rings. The average Bonchev–Trinajstić information content (AvgIpc) is 3.75. The molecular formula is C36H39ClN6O3. The number of nitrogens with zero attached hydrogens (tertiary/aromatic N) is 1. The summed E-state index contributed by atoms with van der Waals surface area (Å²) in [7, 11) is 0. The van der Waals surface area contributed by atoms with Crippen LogP contribution in [0.3, 0.4) is 0 Å². The van der Waals surface area contributed by atoms with E-state index in [1.165, 1.54) is 5.56 Å². The second-order valence-electron chi connectivity index (χ2n) is 11.5. The first-order chi connectivity index (χ1) is 22.2. The Morgan fingerprint density at radius 2 is 1.74 bits per heavy atom. The number of aliphatic imine (C=N–C) groups is 1. The Labute approximate surface area is 273 Å². The fourth-order valence-corrected chi connectivity index (χ4v) is 5.53. The molecule has 0 unspecified atom stereocenters. The first kappa shape index (κ1) is 32.5. The zero-order valence-electron chi connectivity index (χ0n) is 26.1. The quantitative estimate of drug-likeness (QED) is 0.0941. The molecule has 0 spiro atoms. The van der Waals surface area contributed by atoms with Gasteiger partial charge >= 0.3 is 0 Å². The normalized spacial score (nSPS) is 13.3. The lowest BCUT2D eigenvalue weighted by Gasteiger charge is -2.09. The van der Waals surface area contributed by atoms with Crippen molar-refractivity contribution in [2.45, 2.75) is 58.9 Å². The lowest BCUT2D eigenvalue weighted by atomic mass is 10.1. The number of benzene rings is 2. The summed E-state index contributed by atoms with van der Waals surface area (Å²) in [6.45, 7) is 5.07. The van der Waals surface area contributed by atoms with Gasteiger partial charge in [-0.05, 0) is 86.7 Å². The molecule has 0 atom stereocenters. The topological polar surface area (TPSA) is 131 Å². The van der Waals surface area contributed by atoms with E-state index in [0.29, 0.717) is 48.6 Å². The van der Waals surface area contributed by atoms with Crippen LogP contribution in [0.5, 0.6) is 0 Å². The molecule has 0 aliphatic carbocycles. The van der Waals surface area contributed by atoms with Crippen LogP contribution in [-0.2, 0) is 16.1 Å². The predicted molar refractivity (Wildman–Crippen MR) is 185 cm³/mol. The summed E-state index contributed by atoms with van der Waals surface area (Å²) in [6.07, 6.45) is 11.5. The summed E-state index contributed by atoms with van der Waals surface area (Å²) < 4.78 is 0. The molecule has 0 bridgehead atoms. The molecule has 9 nitrogen and oxygen atoms in total. The van der Waals surface area contributed by atoms with Gasteiger partial charge in [-0.1, -0.05) is 42.3 Å². The zero-order chi connectivity index (χ0) is 32.5. The maximum Gasteiger partial charge on any atom is 0.255 e. The molecule has 238 valence electrons. The smallest absolute Gasteiger partial charge is 0.255 e. The van der Waals surface area contributed by atoms with Crippen molar-refractivity contribution in [3.05, 3.63) is 106 Å². The molecule has 46 heavy (non-hydrogen) atoms. The van der Waals surface area contributed by atoms with Crippen LogP contribution in [0, 0.1) is 13.8 Å². The van der Waals surface area contributed by atoms with Gasteiger partial charge in [0.15, 0.2) is 0 Å². The molecule has 3 amide bonds. The van der Waals surface area contributed by atoms with Gasteiger partial charge in [0, 0.05) is 60.2 Å². The van der Waals surface area contributed by atoms with Gasteiger partial charge in [-0.25, -0.2) is 0 Å². The maximum absolute atomic E-state index is 12.8. The number of nitrogens with one attached hydrogen (secondary N) is 5. The van der Waals surface area contributed by atoms with Crippen LogP contribution >= 0.6 is 11.6 Å². The summed E-state index contributed by atoms with van der Waals surface area (Å²) in [4.78, 5) is 48.4. The Bertz CT molecular complexity index is 1810. The number of para-hydroxylation sites is 1. The number of unbranched alkanes of at least 4 members (excludes halogenated alkanes) is 2. The van der Waals surface area contributed by atoms with Crippen LogP contribution in [0.4, 0.5) is 5.69 Å². The first-order valence-electron chi connectivity index (χ1n) is 15.6. The number of anilines is 1. The Morgan fingerprint density at radius 3 is 2.52 bits per heavy atom. The fourth-order valence-electron chi connectivity index (χ4n) is 5.32. The van der Waals surface area contributed by atoms with E-state index in [0.717, 1.165) is 58.5 Å². The minimum Gasteiger partial charge on any atom is -0.359 e. The molecule has 3 heterocycles. The van der Waals surface area contributed by atoms with Crippen molar-refractivity contribution in [1.82, 2.24) is 20.6 Å². The third-order valence-electron chi connectivity index (χ3n) is 7.83. The van der Waals surface area contributed by atoms with Crippen molar-refractivity contribution in [2.75, 3.05) is 11.9 Å². The molecular weight excluding hydrogens is 600 g/mol. The van der Waals surface area contributed by atoms with E-state index in [1.54, 1.807) is 18.3 Å². The van der Waals surface area contributed by atoms with Crippen LogP contribution in [-0.4, -0.2) is 39.9 Å². The average molecular weight is 639 g/mol. The van der Waals surface area contributed by atoms with Gasteiger partial charge in [0.25, 0.3) is 5.91 Å². The minimum atomic E-state index is -0.231. The van der Waals surface area contributed by atoms with Crippen LogP contribution in [0.2, 0.25) is 5.02 Å². The van der Waals surface area contributed by atoms with Crippen molar-refractivity contribution in [1.29, 1.82) is 0 Å². The van der Waals surface area contributed by atoms with Crippen molar-refractivity contribution >= 4 is 57.7 Å². The van der Waals surface area contributed by atoms with Gasteiger partial charge < -0.3 is 25.9 Å². The molecule has 2 aromatic carbocycles. The number of halogens is 1. The molecule has 0 saturated carbocycles. The predicted octanol–water partition coefficient (Wildman–Crippen LogP) is 7.14. The number of aryl methyl sites for hydroxylation is 2. The number of amides is 3. The van der Waals surface area contributed by atoms with E-state index < -0.39 is 0 Å². The molecule has 5 N–H and O–H groups in total. The van der Waals surface area contributed by atoms with Crippen LogP contribution in [0.15, 0.2) is 77.6 Å². The number of carbonyl (C=O) groups excluding carboxylic acids is 3. The number of H-pyrrole nitrogens is 2. The number of carbonyl (C=O) groups is 3. The Hall–Kier alpha value is -4.89. The fraction of sp³-hybridized carbons (Fsp3) is 0.278. The molecule has 1 aliphatic heterocycles. The third-order valence-corrected chi connectivity index (χ3v) is 8.14. The number of aromatic amines is 2. The summed E-state index contributed by atoms with van der Waals surface area (Å²) in [5.41, 5.74) is 7.99. The van der Waals surface area contributed by atoms with Crippen LogP contribution < -0.4 is 16.0 Å². The van der Waals surface area contributed by atoms with Gasteiger partial charge in [-0.3, -0.25) is 19.4 Å². The number of hydrogen-bond acceptors (Lipinski definition) is 4. The largest absolute Gasteiger partial charge is 0.359 e. The monoisotopic (exact) mass is 638 g/mol. The summed E-state index contributed by atoms with van der Waals surface area (Å²) in [6, 6.07) is 14.8. The van der Waals surface area contributed by atoms with Crippen LogP contribution in [0.25, 0.3) is 17.0 Å². The zero-order valence-corrected chi connectivity index (χ0v) is 26.9. The maximum atomic E-state index is 12.8. The second-order valence-corrected chi connectivity index (χ2v) is 11.9. The van der Waals surface area contributed by atoms with Crippen molar-refractivity contribution < 1.29 is 14.4 Å². The summed E-state index contributed by atoms with van der Waals surface area (Å²) in [5, 5.41) is 10.3. The second kappa shape index (κ2) is 15.4. The highest BCUT2D eigenvalue weighted by Crippen LogP contribution is 2.28. The van der Waals surface area contributed by atoms with Gasteiger partial charge in [0.2, 0.25) is 11.8 Å². The highest BCUT2D eigenvalue weighted by molar-refractivity contribution is 6.36. The van der Waals surface area contributed by atoms with Gasteiger partial charge in [-0.2, -0.15) is 0 Å². The highest BCUT2D eigenvalue weighted by Gasteiger charge is 2.12. The van der Waals surface area contributed by atoms with Gasteiger partial charge in [-0.15, -0.1) is 0 Å². The third kappa shape index (κ3) is 8.85. The number of allylic oxidation sites excluding steroid dienone is 2. The number of fused-ring (bicyclic) bond motifs is 1. The first-order valence-corrected chi connectivity index (χ1v) is 16.0. The van der Waals surface area contributed by atoms with E-state index in [2.05, 4.69) is 43.9 Å². The van der Waals surface area contributed by atoms with E-state index in [1.807, 2.05) is 55.5 Å². The number of aromatic nitrogens is 2. The molecule has 0 fully saturated rings. The van der Waals surface area contributed by atoms with E-state index in [4.69, 9.17) is 11.6 Å². The van der Waals surface area contributed by atoms with Crippen molar-refractivity contribution in [3.8, 4) is 0 Å². The standard InChI is InChI=1S/C36H39ClN6O3/c1-23-19-24(2)41-32(23)20-28-15-14-27(42-28)16-17-34(45)38-18-5-3-4-9-33(44)39-21-25-10-12-26(13-11-25)36(46)43-31-8-6-7-29-30(37)22-40-35(29)31/h6-8,10-15,19-20,22,40-41H,3-5,9,16-18,21H2,1-2H3,(H,38,45)(H,39,44)(H,43,46)/b28-20-. The van der Waals surface area contributed by atoms with Gasteiger partial charge in [0.05, 0.1) is 21.9 Å². The molecule has 4 aromatic rings. The number of hydrogen-bond donors (Lipinski definition) is 5. The van der Waals surface area contributed by atoms with E-state index in [-0.39, 0.29) is 17.7 Å². The van der Waals surface area contributed by atoms with E-state index in [9.17, 15) is 14.4 Å². The highest BCUT2D eigenvalue weighted by atomic mass is 35.5. The van der Waals surface area contributed by atoms with Crippen LogP contribution in [0.1, 0.15) is 71.4 Å². The lowest BCUT2D eigenvalue weighted by molar-refractivity contribution is -0.122. The summed E-state index contributed by atoms with van der Waals surface area (Å²) in [5.74, 6) is -0.247. The Balaban J connectivity index is 0.926. The Kier molecular flexibility index (Phi) is 10.9. The molecule has 10 heteroatoms. The van der Waals surface area contributed by atoms with Crippen molar-refractivity contribution in [2.24, 2.45) is 4.99 Å². The summed E-state index contributed by atoms with van der Waals surface area (Å²) >= 11 is 6.18. The van der Waals surface area contributed by atoms with Crippen molar-refractivity contribution in [3.63, 3.8) is 0 Å². The van der Waals surface area contributed by atoms with E-state index >= 15 is 0 Å². The van der Waals surface area contributed by atoms with Gasteiger partial charge in [0.1, 0.15) is 0 Å². The lowest BCUT2D eigenvalue weighted by Crippen LogP contribution is -2.25. The number of rotatable bonds is 14. The molecule has 0 radical (unpaired) electrons. The molecule has 5 rings (SSSR count). The Morgan fingerprint density at radius 1 is 0.935 bits per heavy atom. The SMILES string of the molecule is Cc1cc(C)c(/C=C2/C=CC(CCC(=O)NCCCCCC(=O)NCc3ccc(C(=O)Nc4cccc5c(Cl)c[nH]c45)cc3)=N2)[nH]1. The molecule has 2 aromatic heterocycles. The minimum absolute atomic E-state index is 0.00778.